The third-order valence-electron chi connectivity index (χ3n) is 9.24. The Hall–Kier alpha value is -5.90. The van der Waals surface area contributed by atoms with Crippen molar-refractivity contribution in [2.24, 2.45) is 0 Å². The van der Waals surface area contributed by atoms with Crippen molar-refractivity contribution in [1.82, 2.24) is 4.57 Å². The molecule has 1 spiro atoms. The minimum Gasteiger partial charge on any atom is -0.309 e. The predicted octanol–water partition coefficient (Wildman–Crippen LogP) is 8.87. The first-order valence-electron chi connectivity index (χ1n) is 14.1. The van der Waals surface area contributed by atoms with Crippen LogP contribution < -0.4 is 0 Å². The Morgan fingerprint density at radius 1 is 0.500 bits per heavy atom. The highest BCUT2D eigenvalue weighted by Gasteiger charge is 2.53. The lowest BCUT2D eigenvalue weighted by Crippen LogP contribution is -2.26. The van der Waals surface area contributed by atoms with E-state index < -0.39 is 5.41 Å². The summed E-state index contributed by atoms with van der Waals surface area (Å²) in [5, 5.41) is 22.5. The topological polar surface area (TPSA) is 52.5 Å². The molecule has 2 aliphatic rings. The molecule has 0 aliphatic heterocycles. The molecule has 192 valence electrons. The first-order chi connectivity index (χ1) is 20.8. The van der Waals surface area contributed by atoms with Crippen LogP contribution in [0.3, 0.4) is 0 Å². The van der Waals surface area contributed by atoms with Crippen molar-refractivity contribution in [2.75, 3.05) is 0 Å². The highest BCUT2D eigenvalue weighted by atomic mass is 15.0. The summed E-state index contributed by atoms with van der Waals surface area (Å²) >= 11 is 0. The quantitative estimate of drug-likeness (QED) is 0.212. The number of nitriles is 2. The van der Waals surface area contributed by atoms with Crippen LogP contribution in [0, 0.1) is 22.7 Å². The van der Waals surface area contributed by atoms with E-state index in [1.807, 2.05) is 18.2 Å². The average Bonchev–Trinajstić information content (AvgIpc) is 3.66. The Labute approximate surface area is 242 Å². The van der Waals surface area contributed by atoms with Gasteiger partial charge in [0, 0.05) is 16.5 Å². The van der Waals surface area contributed by atoms with Crippen molar-refractivity contribution in [2.45, 2.75) is 5.41 Å². The monoisotopic (exact) mass is 531 g/mol. The van der Waals surface area contributed by atoms with Crippen LogP contribution in [0.1, 0.15) is 33.4 Å². The number of hydrogen-bond acceptors (Lipinski definition) is 2. The molecule has 0 radical (unpaired) electrons. The molecule has 0 fully saturated rings. The number of para-hydroxylation sites is 2. The van der Waals surface area contributed by atoms with E-state index in [0.29, 0.717) is 11.1 Å². The number of hydrogen-bond donors (Lipinski definition) is 0. The fraction of sp³-hybridized carbons (Fsp3) is 0.0256. The van der Waals surface area contributed by atoms with E-state index in [9.17, 15) is 10.5 Å². The first-order valence-corrected chi connectivity index (χ1v) is 14.1. The van der Waals surface area contributed by atoms with Crippen LogP contribution in [0.5, 0.6) is 0 Å². The number of fused-ring (bicyclic) bond motifs is 14. The van der Waals surface area contributed by atoms with Gasteiger partial charge >= 0.3 is 0 Å². The van der Waals surface area contributed by atoms with Crippen molar-refractivity contribution < 1.29 is 0 Å². The molecule has 1 aromatic heterocycles. The van der Waals surface area contributed by atoms with Crippen LogP contribution >= 0.6 is 0 Å². The molecule has 9 rings (SSSR count). The highest BCUT2D eigenvalue weighted by molar-refractivity contribution is 6.16. The second-order valence-electron chi connectivity index (χ2n) is 11.1. The summed E-state index contributed by atoms with van der Waals surface area (Å²) in [6.07, 6.45) is 0. The summed E-state index contributed by atoms with van der Waals surface area (Å²) in [6.45, 7) is 0. The second-order valence-corrected chi connectivity index (χ2v) is 11.1. The van der Waals surface area contributed by atoms with Gasteiger partial charge in [-0.25, -0.2) is 0 Å². The van der Waals surface area contributed by atoms with Gasteiger partial charge in [0.1, 0.15) is 0 Å². The van der Waals surface area contributed by atoms with Crippen molar-refractivity contribution in [3.8, 4) is 40.1 Å². The van der Waals surface area contributed by atoms with Gasteiger partial charge in [0.2, 0.25) is 0 Å². The molecule has 0 N–H and O–H groups in total. The van der Waals surface area contributed by atoms with Crippen molar-refractivity contribution in [3.05, 3.63) is 161 Å². The Bertz CT molecular complexity index is 2310. The summed E-state index contributed by atoms with van der Waals surface area (Å²) in [5.41, 5.74) is 13.2. The lowest BCUT2D eigenvalue weighted by molar-refractivity contribution is 0.801. The summed E-state index contributed by atoms with van der Waals surface area (Å²) in [5.74, 6) is 0. The molecule has 7 aromatic rings. The van der Waals surface area contributed by atoms with E-state index in [2.05, 4.69) is 126 Å². The molecule has 0 bridgehead atoms. The van der Waals surface area contributed by atoms with Gasteiger partial charge in [-0.1, -0.05) is 78.9 Å². The van der Waals surface area contributed by atoms with Gasteiger partial charge in [-0.2, -0.15) is 10.5 Å². The molecule has 6 aromatic carbocycles. The summed E-state index contributed by atoms with van der Waals surface area (Å²) in [6, 6.07) is 49.3. The van der Waals surface area contributed by atoms with Crippen LogP contribution in [-0.2, 0) is 5.41 Å². The standard InChI is InChI=1S/C39H21N3/c40-22-24-14-16-28-29-17-15-25(23-41)21-34(29)39(33(28)20-24)32-12-6-4-10-27(32)30-18-19-36-37(38(30)39)31-11-5-7-13-35(31)42(36)26-8-2-1-3-9-26/h1-21H. The van der Waals surface area contributed by atoms with Crippen molar-refractivity contribution in [1.29, 1.82) is 10.5 Å². The van der Waals surface area contributed by atoms with Crippen molar-refractivity contribution in [3.63, 3.8) is 0 Å². The van der Waals surface area contributed by atoms with E-state index in [0.717, 1.165) is 39.0 Å². The number of benzene rings is 6. The van der Waals surface area contributed by atoms with Crippen LogP contribution in [0.4, 0.5) is 0 Å². The van der Waals surface area contributed by atoms with E-state index in [-0.39, 0.29) is 0 Å². The van der Waals surface area contributed by atoms with Crippen LogP contribution in [0.2, 0.25) is 0 Å². The maximum Gasteiger partial charge on any atom is 0.0991 e. The zero-order valence-electron chi connectivity index (χ0n) is 22.5. The average molecular weight is 532 g/mol. The lowest BCUT2D eigenvalue weighted by atomic mass is 9.69. The number of nitrogens with zero attached hydrogens (tertiary/aromatic N) is 3. The lowest BCUT2D eigenvalue weighted by Gasteiger charge is -2.31. The second kappa shape index (κ2) is 8.07. The SMILES string of the molecule is N#Cc1ccc2c(c1)C1(c3cc(C#N)ccc3-2)c2ccccc2-c2ccc3c(c21)c1ccccc1n3-c1ccccc1. The van der Waals surface area contributed by atoms with Gasteiger partial charge in [0.15, 0.2) is 0 Å². The predicted molar refractivity (Wildman–Crippen MR) is 167 cm³/mol. The minimum atomic E-state index is -0.679. The highest BCUT2D eigenvalue weighted by Crippen LogP contribution is 2.65. The molecular formula is C39H21N3. The molecule has 3 heteroatoms. The Kier molecular flexibility index (Phi) is 4.40. The smallest absolute Gasteiger partial charge is 0.0991 e. The van der Waals surface area contributed by atoms with E-state index in [1.165, 1.54) is 33.0 Å². The Morgan fingerprint density at radius 2 is 1.10 bits per heavy atom. The Morgan fingerprint density at radius 3 is 1.81 bits per heavy atom. The molecule has 0 amide bonds. The van der Waals surface area contributed by atoms with Crippen LogP contribution in [0.15, 0.2) is 127 Å². The van der Waals surface area contributed by atoms with Gasteiger partial charge < -0.3 is 4.57 Å². The van der Waals surface area contributed by atoms with Crippen LogP contribution in [0.25, 0.3) is 49.7 Å². The Balaban J connectivity index is 1.56. The fourth-order valence-electron chi connectivity index (χ4n) is 7.73. The zero-order chi connectivity index (χ0) is 28.0. The van der Waals surface area contributed by atoms with Gasteiger partial charge in [0.05, 0.1) is 39.7 Å². The molecule has 2 aliphatic carbocycles. The molecule has 3 nitrogen and oxygen atoms in total. The number of rotatable bonds is 1. The largest absolute Gasteiger partial charge is 0.309 e. The molecule has 0 saturated carbocycles. The molecule has 42 heavy (non-hydrogen) atoms. The third-order valence-corrected chi connectivity index (χ3v) is 9.24. The maximum atomic E-state index is 10.0. The number of aromatic nitrogens is 1. The molecule has 1 heterocycles. The fourth-order valence-corrected chi connectivity index (χ4v) is 7.73. The zero-order valence-corrected chi connectivity index (χ0v) is 22.5. The van der Waals surface area contributed by atoms with Gasteiger partial charge in [-0.3, -0.25) is 0 Å². The van der Waals surface area contributed by atoms with E-state index in [1.54, 1.807) is 0 Å². The van der Waals surface area contributed by atoms with Gasteiger partial charge in [-0.05, 0) is 93.0 Å². The van der Waals surface area contributed by atoms with Gasteiger partial charge in [0.25, 0.3) is 0 Å². The molecular weight excluding hydrogens is 510 g/mol. The molecule has 0 unspecified atom stereocenters. The van der Waals surface area contributed by atoms with E-state index >= 15 is 0 Å². The maximum absolute atomic E-state index is 10.0. The van der Waals surface area contributed by atoms with E-state index in [4.69, 9.17) is 0 Å². The summed E-state index contributed by atoms with van der Waals surface area (Å²) < 4.78 is 2.36. The molecule has 0 saturated heterocycles. The minimum absolute atomic E-state index is 0.631. The third kappa shape index (κ3) is 2.63. The summed E-state index contributed by atoms with van der Waals surface area (Å²) in [7, 11) is 0. The normalized spacial score (nSPS) is 13.4. The summed E-state index contributed by atoms with van der Waals surface area (Å²) in [4.78, 5) is 0. The first kappa shape index (κ1) is 22.9. The van der Waals surface area contributed by atoms with Crippen LogP contribution in [-0.4, -0.2) is 4.57 Å². The molecule has 0 atom stereocenters. The van der Waals surface area contributed by atoms with Crippen molar-refractivity contribution >= 4 is 21.8 Å². The van der Waals surface area contributed by atoms with Gasteiger partial charge in [-0.15, -0.1) is 0 Å².